The Morgan fingerprint density at radius 3 is 2.63 bits per heavy atom. The molecule has 0 bridgehead atoms. The van der Waals surface area contributed by atoms with E-state index in [0.717, 1.165) is 18.4 Å². The van der Waals surface area contributed by atoms with Crippen LogP contribution in [-0.2, 0) is 11.3 Å². The Morgan fingerprint density at radius 2 is 1.91 bits per heavy atom. The fraction of sp³-hybridized carbons (Fsp3) is 0.452. The van der Waals surface area contributed by atoms with E-state index in [0.29, 0.717) is 60.6 Å². The predicted octanol–water partition coefficient (Wildman–Crippen LogP) is 5.26. The van der Waals surface area contributed by atoms with Gasteiger partial charge in [0.15, 0.2) is 0 Å². The van der Waals surface area contributed by atoms with E-state index in [2.05, 4.69) is 32.4 Å². The van der Waals surface area contributed by atoms with E-state index in [-0.39, 0.29) is 23.2 Å². The molecule has 4 N–H and O–H groups in total. The van der Waals surface area contributed by atoms with Crippen molar-refractivity contribution in [2.45, 2.75) is 64.5 Å². The fourth-order valence-corrected chi connectivity index (χ4v) is 5.50. The first-order valence-corrected chi connectivity index (χ1v) is 15.0. The van der Waals surface area contributed by atoms with E-state index in [1.165, 1.54) is 19.3 Å². The molecule has 1 heterocycles. The summed E-state index contributed by atoms with van der Waals surface area (Å²) in [5, 5.41) is 5.80. The summed E-state index contributed by atoms with van der Waals surface area (Å²) in [4.78, 5) is 38.9. The Kier molecular flexibility index (Phi) is 11.4. The van der Waals surface area contributed by atoms with E-state index in [9.17, 15) is 9.59 Å². The molecule has 2 amide bonds. The predicted molar refractivity (Wildman–Crippen MR) is 167 cm³/mol. The van der Waals surface area contributed by atoms with Gasteiger partial charge >= 0.3 is 0 Å². The quantitative estimate of drug-likeness (QED) is 0.208. The Labute approximate surface area is 257 Å². The number of nitrogens with two attached hydrogens (primary N) is 1. The molecule has 1 aliphatic carbocycles. The lowest BCUT2D eigenvalue weighted by atomic mass is 9.84. The highest BCUT2D eigenvalue weighted by atomic mass is 35.5. The molecule has 3 aromatic rings. The number of amides is 2. The Morgan fingerprint density at radius 1 is 1.12 bits per heavy atom. The van der Waals surface area contributed by atoms with Crippen molar-refractivity contribution in [2.75, 3.05) is 31.0 Å². The molecule has 1 unspecified atom stereocenters. The number of hydrogen-bond donors (Lipinski definition) is 3. The number of carbonyl (C=O) groups excluding carboxylic acids is 2. The van der Waals surface area contributed by atoms with E-state index in [1.807, 2.05) is 18.2 Å². The normalized spacial score (nSPS) is 14.0. The standard InChI is InChI=1S/C31H40ClN7O4/c1-20(21-9-5-4-6-10-21)39(19-23-14-15-25(18-26(23)42-3)43-16-8-13-27(40)34-2)31-37-29(32)36-30(38-31)35-24-12-7-11-22(17-24)28(33)41/h7,11-12,14-15,17-18,20-21H,4-6,8-10,13,16,19H2,1-3H3,(H2,33,41)(H,34,40)(H,35,36,37,38). The van der Waals surface area contributed by atoms with Gasteiger partial charge in [-0.15, -0.1) is 0 Å². The van der Waals surface area contributed by atoms with Crippen LogP contribution >= 0.6 is 11.6 Å². The second kappa shape index (κ2) is 15.4. The van der Waals surface area contributed by atoms with Gasteiger partial charge in [-0.05, 0) is 74.0 Å². The van der Waals surface area contributed by atoms with Crippen molar-refractivity contribution in [1.29, 1.82) is 0 Å². The molecule has 4 rings (SSSR count). The minimum Gasteiger partial charge on any atom is -0.496 e. The van der Waals surface area contributed by atoms with Crippen LogP contribution in [0.2, 0.25) is 5.28 Å². The monoisotopic (exact) mass is 609 g/mol. The maximum atomic E-state index is 11.7. The Balaban J connectivity index is 1.60. The zero-order valence-electron chi connectivity index (χ0n) is 24.9. The first kappa shape index (κ1) is 31.8. The van der Waals surface area contributed by atoms with Crippen LogP contribution < -0.4 is 30.7 Å². The number of primary amides is 1. The highest BCUT2D eigenvalue weighted by molar-refractivity contribution is 6.28. The minimum absolute atomic E-state index is 0.0142. The molecule has 43 heavy (non-hydrogen) atoms. The Bertz CT molecular complexity index is 1400. The smallest absolute Gasteiger partial charge is 0.248 e. The zero-order chi connectivity index (χ0) is 30.8. The van der Waals surface area contributed by atoms with Crippen LogP contribution in [0.4, 0.5) is 17.6 Å². The van der Waals surface area contributed by atoms with E-state index < -0.39 is 5.91 Å². The number of nitrogens with one attached hydrogen (secondary N) is 2. The summed E-state index contributed by atoms with van der Waals surface area (Å²) in [5.74, 6) is 1.94. The van der Waals surface area contributed by atoms with Gasteiger partial charge in [0.05, 0.1) is 13.7 Å². The molecule has 1 saturated carbocycles. The highest BCUT2D eigenvalue weighted by Gasteiger charge is 2.29. The Hall–Kier alpha value is -4.12. The van der Waals surface area contributed by atoms with Gasteiger partial charge in [-0.1, -0.05) is 25.3 Å². The van der Waals surface area contributed by atoms with Crippen LogP contribution in [-0.4, -0.2) is 53.6 Å². The van der Waals surface area contributed by atoms with Crippen molar-refractivity contribution in [1.82, 2.24) is 20.3 Å². The van der Waals surface area contributed by atoms with Gasteiger partial charge in [-0.3, -0.25) is 9.59 Å². The third-order valence-corrected chi connectivity index (χ3v) is 7.94. The summed E-state index contributed by atoms with van der Waals surface area (Å²) < 4.78 is 11.6. The zero-order valence-corrected chi connectivity index (χ0v) is 25.7. The fourth-order valence-electron chi connectivity index (χ4n) is 5.35. The van der Waals surface area contributed by atoms with Crippen molar-refractivity contribution in [3.63, 3.8) is 0 Å². The number of halogens is 1. The molecule has 2 aromatic carbocycles. The molecule has 0 radical (unpaired) electrons. The number of anilines is 3. The lowest BCUT2D eigenvalue weighted by Crippen LogP contribution is -2.40. The minimum atomic E-state index is -0.528. The van der Waals surface area contributed by atoms with Gasteiger partial charge in [0.2, 0.25) is 29.0 Å². The maximum Gasteiger partial charge on any atom is 0.248 e. The number of nitrogens with zero attached hydrogens (tertiary/aromatic N) is 4. The van der Waals surface area contributed by atoms with Crippen molar-refractivity contribution >= 4 is 41.0 Å². The summed E-state index contributed by atoms with van der Waals surface area (Å²) >= 11 is 6.43. The van der Waals surface area contributed by atoms with E-state index >= 15 is 0 Å². The molecule has 1 aliphatic rings. The third kappa shape index (κ3) is 8.93. The second-order valence-corrected chi connectivity index (χ2v) is 11.0. The van der Waals surface area contributed by atoms with Crippen molar-refractivity contribution < 1.29 is 19.1 Å². The molecule has 12 heteroatoms. The van der Waals surface area contributed by atoms with Crippen LogP contribution in [0, 0.1) is 5.92 Å². The summed E-state index contributed by atoms with van der Waals surface area (Å²) in [7, 11) is 3.25. The number of ether oxygens (including phenoxy) is 2. The van der Waals surface area contributed by atoms with Gasteiger partial charge < -0.3 is 30.7 Å². The van der Waals surface area contributed by atoms with Crippen LogP contribution in [0.3, 0.4) is 0 Å². The summed E-state index contributed by atoms with van der Waals surface area (Å²) in [6.07, 6.45) is 6.90. The molecule has 1 fully saturated rings. The summed E-state index contributed by atoms with van der Waals surface area (Å²) in [6.45, 7) is 3.09. The molecule has 1 aromatic heterocycles. The number of aromatic nitrogens is 3. The average Bonchev–Trinajstić information content (AvgIpc) is 3.02. The number of hydrogen-bond acceptors (Lipinski definition) is 9. The van der Waals surface area contributed by atoms with Crippen LogP contribution in [0.15, 0.2) is 42.5 Å². The first-order valence-electron chi connectivity index (χ1n) is 14.6. The van der Waals surface area contributed by atoms with E-state index in [1.54, 1.807) is 38.4 Å². The van der Waals surface area contributed by atoms with Crippen LogP contribution in [0.1, 0.15) is 67.8 Å². The van der Waals surface area contributed by atoms with Crippen LogP contribution in [0.5, 0.6) is 11.5 Å². The van der Waals surface area contributed by atoms with Crippen molar-refractivity contribution in [2.24, 2.45) is 11.7 Å². The van der Waals surface area contributed by atoms with Crippen molar-refractivity contribution in [3.8, 4) is 11.5 Å². The summed E-state index contributed by atoms with van der Waals surface area (Å²) in [6, 6.07) is 12.6. The van der Waals surface area contributed by atoms with Gasteiger partial charge in [0.1, 0.15) is 11.5 Å². The molecular weight excluding hydrogens is 570 g/mol. The number of carbonyl (C=O) groups is 2. The van der Waals surface area contributed by atoms with Crippen LogP contribution in [0.25, 0.3) is 0 Å². The van der Waals surface area contributed by atoms with Gasteiger partial charge in [0.25, 0.3) is 0 Å². The number of benzene rings is 2. The second-order valence-electron chi connectivity index (χ2n) is 10.7. The molecule has 0 aliphatic heterocycles. The third-order valence-electron chi connectivity index (χ3n) is 7.78. The SMILES string of the molecule is CNC(=O)CCCOc1ccc(CN(c2nc(Cl)nc(Nc3cccc(C(N)=O)c3)n2)C(C)C2CCCCC2)c(OC)c1. The molecule has 11 nitrogen and oxygen atoms in total. The molecular formula is C31H40ClN7O4. The lowest BCUT2D eigenvalue weighted by Gasteiger charge is -2.37. The topological polar surface area (TPSA) is 145 Å². The van der Waals surface area contributed by atoms with Gasteiger partial charge in [-0.25, -0.2) is 0 Å². The number of methoxy groups -OCH3 is 1. The molecule has 0 spiro atoms. The molecule has 0 saturated heterocycles. The lowest BCUT2D eigenvalue weighted by molar-refractivity contribution is -0.120. The summed E-state index contributed by atoms with van der Waals surface area (Å²) in [5.41, 5.74) is 7.35. The maximum absolute atomic E-state index is 11.7. The van der Waals surface area contributed by atoms with Crippen molar-refractivity contribution in [3.05, 3.63) is 58.9 Å². The molecule has 1 atom stereocenters. The largest absolute Gasteiger partial charge is 0.496 e. The first-order chi connectivity index (χ1) is 20.8. The number of rotatable bonds is 14. The molecule has 230 valence electrons. The van der Waals surface area contributed by atoms with E-state index in [4.69, 9.17) is 31.8 Å². The average molecular weight is 610 g/mol. The highest BCUT2D eigenvalue weighted by Crippen LogP contribution is 2.34. The van der Waals surface area contributed by atoms with Gasteiger partial charge in [-0.2, -0.15) is 15.0 Å². The van der Waals surface area contributed by atoms with Gasteiger partial charge in [0, 0.05) is 48.9 Å².